The molecule has 0 saturated carbocycles. The Kier molecular flexibility index (Phi) is 5.74. The van der Waals surface area contributed by atoms with E-state index in [9.17, 15) is 9.59 Å². The molecule has 0 aliphatic carbocycles. The molecule has 2 N–H and O–H groups in total. The third-order valence-electron chi connectivity index (χ3n) is 3.69. The highest BCUT2D eigenvalue weighted by molar-refractivity contribution is 9.10. The van der Waals surface area contributed by atoms with Crippen LogP contribution in [0.3, 0.4) is 0 Å². The van der Waals surface area contributed by atoms with Gasteiger partial charge in [-0.2, -0.15) is 0 Å². The molecule has 0 radical (unpaired) electrons. The molecule has 0 spiro atoms. The van der Waals surface area contributed by atoms with Crippen molar-refractivity contribution in [3.05, 3.63) is 82.2 Å². The lowest BCUT2D eigenvalue weighted by Crippen LogP contribution is -2.14. The van der Waals surface area contributed by atoms with Gasteiger partial charge >= 0.3 is 0 Å². The highest BCUT2D eigenvalue weighted by Crippen LogP contribution is 2.17. The van der Waals surface area contributed by atoms with Gasteiger partial charge in [0.25, 0.3) is 5.91 Å². The first-order valence-corrected chi connectivity index (χ1v) is 8.85. The van der Waals surface area contributed by atoms with Gasteiger partial charge in [-0.05, 0) is 64.0 Å². The lowest BCUT2D eigenvalue weighted by atomic mass is 10.1. The SMILES string of the molecule is C#Cc1cccc(NC(=O)Cc2ccc(NC(=O)c3ccc(Br)o3)cc2)c1. The van der Waals surface area contributed by atoms with Crippen molar-refractivity contribution in [2.45, 2.75) is 6.42 Å². The number of amides is 2. The summed E-state index contributed by atoms with van der Waals surface area (Å²) in [4.78, 5) is 24.2. The predicted octanol–water partition coefficient (Wildman–Crippen LogP) is 4.46. The number of hydrogen-bond acceptors (Lipinski definition) is 3. The summed E-state index contributed by atoms with van der Waals surface area (Å²) < 4.78 is 5.69. The van der Waals surface area contributed by atoms with Crippen molar-refractivity contribution in [1.29, 1.82) is 0 Å². The minimum absolute atomic E-state index is 0.151. The Balaban J connectivity index is 1.57. The first kappa shape index (κ1) is 18.5. The average Bonchev–Trinajstić information content (AvgIpc) is 3.10. The smallest absolute Gasteiger partial charge is 0.291 e. The topological polar surface area (TPSA) is 71.3 Å². The summed E-state index contributed by atoms with van der Waals surface area (Å²) in [6, 6.07) is 17.4. The number of carbonyl (C=O) groups is 2. The second kappa shape index (κ2) is 8.39. The standard InChI is InChI=1S/C21H15BrN2O3/c1-2-14-4-3-5-17(12-14)23-20(25)13-15-6-8-16(9-7-15)24-21(26)18-10-11-19(22)27-18/h1,3-12H,13H2,(H,23,25)(H,24,26). The van der Waals surface area contributed by atoms with Gasteiger partial charge in [0.2, 0.25) is 5.91 Å². The monoisotopic (exact) mass is 422 g/mol. The first-order valence-electron chi connectivity index (χ1n) is 8.05. The molecule has 0 unspecified atom stereocenters. The van der Waals surface area contributed by atoms with Crippen LogP contribution < -0.4 is 10.6 Å². The van der Waals surface area contributed by atoms with Crippen molar-refractivity contribution < 1.29 is 14.0 Å². The molecule has 0 aliphatic heterocycles. The second-order valence-electron chi connectivity index (χ2n) is 5.70. The fraction of sp³-hybridized carbons (Fsp3) is 0.0476. The van der Waals surface area contributed by atoms with E-state index in [1.54, 1.807) is 60.7 Å². The highest BCUT2D eigenvalue weighted by atomic mass is 79.9. The van der Waals surface area contributed by atoms with Crippen molar-refractivity contribution >= 4 is 39.1 Å². The Morgan fingerprint density at radius 2 is 1.78 bits per heavy atom. The summed E-state index contributed by atoms with van der Waals surface area (Å²) in [7, 11) is 0. The molecule has 0 saturated heterocycles. The van der Waals surface area contributed by atoms with Crippen molar-refractivity contribution in [1.82, 2.24) is 0 Å². The highest BCUT2D eigenvalue weighted by Gasteiger charge is 2.11. The van der Waals surface area contributed by atoms with E-state index in [1.807, 2.05) is 0 Å². The molecule has 1 heterocycles. The Bertz CT molecular complexity index is 1020. The number of nitrogens with one attached hydrogen (secondary N) is 2. The maximum atomic E-state index is 12.2. The minimum atomic E-state index is -0.348. The summed E-state index contributed by atoms with van der Waals surface area (Å²) >= 11 is 3.16. The van der Waals surface area contributed by atoms with Crippen LogP contribution in [0.2, 0.25) is 0 Å². The fourth-order valence-corrected chi connectivity index (χ4v) is 2.72. The maximum absolute atomic E-state index is 12.2. The number of terminal acetylenes is 1. The molecule has 0 fully saturated rings. The lowest BCUT2D eigenvalue weighted by molar-refractivity contribution is -0.115. The predicted molar refractivity (Wildman–Crippen MR) is 108 cm³/mol. The van der Waals surface area contributed by atoms with Crippen molar-refractivity contribution in [2.75, 3.05) is 10.6 Å². The van der Waals surface area contributed by atoms with Crippen LogP contribution in [0.4, 0.5) is 11.4 Å². The van der Waals surface area contributed by atoms with Crippen LogP contribution >= 0.6 is 15.9 Å². The van der Waals surface area contributed by atoms with Crippen LogP contribution in [0, 0.1) is 12.3 Å². The zero-order valence-electron chi connectivity index (χ0n) is 14.2. The molecule has 0 atom stereocenters. The molecule has 3 rings (SSSR count). The Hall–Kier alpha value is -3.30. The molecule has 134 valence electrons. The number of benzene rings is 2. The van der Waals surface area contributed by atoms with E-state index in [2.05, 4.69) is 32.5 Å². The van der Waals surface area contributed by atoms with Crippen LogP contribution in [0.1, 0.15) is 21.7 Å². The summed E-state index contributed by atoms with van der Waals surface area (Å²) in [5.74, 6) is 2.24. The molecule has 5 nitrogen and oxygen atoms in total. The maximum Gasteiger partial charge on any atom is 0.291 e. The van der Waals surface area contributed by atoms with E-state index in [-0.39, 0.29) is 24.0 Å². The number of halogens is 1. The van der Waals surface area contributed by atoms with Gasteiger partial charge in [-0.3, -0.25) is 9.59 Å². The number of hydrogen-bond donors (Lipinski definition) is 2. The molecule has 0 bridgehead atoms. The molecule has 2 amide bonds. The molecule has 27 heavy (non-hydrogen) atoms. The lowest BCUT2D eigenvalue weighted by Gasteiger charge is -2.07. The number of furan rings is 1. The van der Waals surface area contributed by atoms with Gasteiger partial charge in [-0.1, -0.05) is 24.1 Å². The number of carbonyl (C=O) groups excluding carboxylic acids is 2. The first-order chi connectivity index (χ1) is 13.0. The van der Waals surface area contributed by atoms with E-state index < -0.39 is 0 Å². The van der Waals surface area contributed by atoms with E-state index in [0.29, 0.717) is 21.6 Å². The van der Waals surface area contributed by atoms with Gasteiger partial charge in [0.1, 0.15) is 0 Å². The largest absolute Gasteiger partial charge is 0.444 e. The molecule has 2 aromatic carbocycles. The van der Waals surface area contributed by atoms with Gasteiger partial charge in [0.05, 0.1) is 6.42 Å². The third-order valence-corrected chi connectivity index (χ3v) is 4.11. The summed E-state index contributed by atoms with van der Waals surface area (Å²) in [5.41, 5.74) is 2.79. The van der Waals surface area contributed by atoms with E-state index >= 15 is 0 Å². The summed E-state index contributed by atoms with van der Waals surface area (Å²) in [6.07, 6.45) is 5.57. The van der Waals surface area contributed by atoms with Crippen LogP contribution in [0.5, 0.6) is 0 Å². The molecular weight excluding hydrogens is 408 g/mol. The normalized spacial score (nSPS) is 10.1. The Morgan fingerprint density at radius 3 is 2.44 bits per heavy atom. The van der Waals surface area contributed by atoms with Gasteiger partial charge < -0.3 is 15.1 Å². The molecular formula is C21H15BrN2O3. The number of anilines is 2. The van der Waals surface area contributed by atoms with Gasteiger partial charge in [-0.25, -0.2) is 0 Å². The van der Waals surface area contributed by atoms with Gasteiger partial charge in [-0.15, -0.1) is 6.42 Å². The second-order valence-corrected chi connectivity index (χ2v) is 6.49. The zero-order chi connectivity index (χ0) is 19.2. The van der Waals surface area contributed by atoms with Gasteiger partial charge in [0.15, 0.2) is 10.4 Å². The zero-order valence-corrected chi connectivity index (χ0v) is 15.7. The van der Waals surface area contributed by atoms with Crippen LogP contribution in [-0.4, -0.2) is 11.8 Å². The molecule has 3 aromatic rings. The molecule has 0 aliphatic rings. The van der Waals surface area contributed by atoms with E-state index in [4.69, 9.17) is 10.8 Å². The van der Waals surface area contributed by atoms with Crippen molar-refractivity contribution in [2.24, 2.45) is 0 Å². The van der Waals surface area contributed by atoms with Gasteiger partial charge in [0, 0.05) is 16.9 Å². The van der Waals surface area contributed by atoms with E-state index in [1.165, 1.54) is 0 Å². The third kappa shape index (κ3) is 5.09. The van der Waals surface area contributed by atoms with Crippen LogP contribution in [0.15, 0.2) is 69.8 Å². The number of rotatable bonds is 5. The molecule has 6 heteroatoms. The summed E-state index contributed by atoms with van der Waals surface area (Å²) in [5, 5.41) is 5.55. The van der Waals surface area contributed by atoms with Crippen molar-refractivity contribution in [3.63, 3.8) is 0 Å². The minimum Gasteiger partial charge on any atom is -0.444 e. The van der Waals surface area contributed by atoms with E-state index in [0.717, 1.165) is 5.56 Å². The molecule has 1 aromatic heterocycles. The average molecular weight is 423 g/mol. The summed E-state index contributed by atoms with van der Waals surface area (Å²) in [6.45, 7) is 0. The Morgan fingerprint density at radius 1 is 1.00 bits per heavy atom. The quantitative estimate of drug-likeness (QED) is 0.596. The van der Waals surface area contributed by atoms with Crippen LogP contribution in [0.25, 0.3) is 0 Å². The fourth-order valence-electron chi connectivity index (χ4n) is 2.41. The van der Waals surface area contributed by atoms with Crippen LogP contribution in [-0.2, 0) is 11.2 Å². The van der Waals surface area contributed by atoms with Crippen molar-refractivity contribution in [3.8, 4) is 12.3 Å². The Labute approximate surface area is 164 Å².